The predicted octanol–water partition coefficient (Wildman–Crippen LogP) is 3.89. The molecule has 2 aromatic rings. The van der Waals surface area contributed by atoms with E-state index in [1.807, 2.05) is 0 Å². The minimum atomic E-state index is -4.35. The van der Waals surface area contributed by atoms with Gasteiger partial charge in [0.15, 0.2) is 9.92 Å². The molecule has 1 aliphatic heterocycles. The van der Waals surface area contributed by atoms with Gasteiger partial charge in [0.1, 0.15) is 4.90 Å². The van der Waals surface area contributed by atoms with Crippen molar-refractivity contribution in [3.63, 3.8) is 0 Å². The van der Waals surface area contributed by atoms with Gasteiger partial charge in [0.05, 0.1) is 18.7 Å². The van der Waals surface area contributed by atoms with Gasteiger partial charge in [-0.1, -0.05) is 6.07 Å². The lowest BCUT2D eigenvalue weighted by Gasteiger charge is -2.20. The lowest BCUT2D eigenvalue weighted by Crippen LogP contribution is -2.34. The Morgan fingerprint density at radius 1 is 1.25 bits per heavy atom. The zero-order valence-corrected chi connectivity index (χ0v) is 17.9. The molecule has 2 heterocycles. The Hall–Kier alpha value is -2.76. The topological polar surface area (TPSA) is 109 Å². The summed E-state index contributed by atoms with van der Waals surface area (Å²) in [6, 6.07) is 0.731. The standard InChI is InChI=1S/C20H22F3N5O3S/c21-20(22,23)15-6-5-13-14(15)9-11-3-1-4-12(11)17(13)26-19(29)27-32(24,30)16-10-25-28-7-2-8-31-18(16)28/h9-10,15H,1-8H2,(H3,24,26,27,29,30). The minimum absolute atomic E-state index is 0.0343. The number of urea groups is 1. The summed E-state index contributed by atoms with van der Waals surface area (Å²) < 4.78 is 70.9. The van der Waals surface area contributed by atoms with Crippen molar-refractivity contribution in [3.8, 4) is 5.88 Å². The average Bonchev–Trinajstić information content (AvgIpc) is 3.44. The summed E-state index contributed by atoms with van der Waals surface area (Å²) in [5, 5.41) is 6.68. The van der Waals surface area contributed by atoms with Crippen molar-refractivity contribution in [2.75, 3.05) is 11.9 Å². The van der Waals surface area contributed by atoms with E-state index in [0.29, 0.717) is 37.2 Å². The highest BCUT2D eigenvalue weighted by Gasteiger charge is 2.45. The Bertz CT molecular complexity index is 1210. The number of hydrogen-bond donors (Lipinski definition) is 3. The first-order valence-electron chi connectivity index (χ1n) is 10.5. The van der Waals surface area contributed by atoms with Crippen LogP contribution in [0.4, 0.5) is 23.7 Å². The number of carbonyl (C=O) groups excluding carboxylic acids is 1. The van der Waals surface area contributed by atoms with Gasteiger partial charge in [-0.2, -0.15) is 18.3 Å². The zero-order valence-electron chi connectivity index (χ0n) is 17.1. The molecule has 3 aliphatic rings. The van der Waals surface area contributed by atoms with Crippen molar-refractivity contribution in [2.45, 2.75) is 62.1 Å². The summed E-state index contributed by atoms with van der Waals surface area (Å²) in [6.07, 6.45) is -0.160. The molecule has 0 saturated carbocycles. The molecule has 0 radical (unpaired) electrons. The zero-order chi connectivity index (χ0) is 22.7. The van der Waals surface area contributed by atoms with Gasteiger partial charge in [0.2, 0.25) is 5.88 Å². The molecule has 172 valence electrons. The number of aromatic nitrogens is 2. The van der Waals surface area contributed by atoms with Crippen LogP contribution in [-0.2, 0) is 35.7 Å². The molecule has 0 saturated heterocycles. The van der Waals surface area contributed by atoms with Crippen LogP contribution >= 0.6 is 0 Å². The number of nitrogens with zero attached hydrogens (tertiary/aromatic N) is 2. The number of benzene rings is 1. The third-order valence-electron chi connectivity index (χ3n) is 6.29. The summed E-state index contributed by atoms with van der Waals surface area (Å²) in [4.78, 5) is 12.7. The van der Waals surface area contributed by atoms with E-state index in [1.54, 1.807) is 6.07 Å². The maximum Gasteiger partial charge on any atom is 0.395 e. The van der Waals surface area contributed by atoms with Crippen molar-refractivity contribution in [3.05, 3.63) is 34.5 Å². The molecule has 3 N–H and O–H groups in total. The van der Waals surface area contributed by atoms with Crippen LogP contribution in [0.15, 0.2) is 17.2 Å². The summed E-state index contributed by atoms with van der Waals surface area (Å²) in [7, 11) is -3.79. The van der Waals surface area contributed by atoms with Crippen molar-refractivity contribution in [1.82, 2.24) is 14.5 Å². The molecule has 8 nitrogen and oxygen atoms in total. The van der Waals surface area contributed by atoms with E-state index in [9.17, 15) is 22.2 Å². The average molecular weight is 469 g/mol. The Kier molecular flexibility index (Phi) is 4.88. The van der Waals surface area contributed by atoms with Gasteiger partial charge in [-0.25, -0.2) is 23.2 Å². The minimum Gasteiger partial charge on any atom is -0.477 e. The number of hydrogen-bond acceptors (Lipinski definition) is 5. The molecule has 0 fully saturated rings. The van der Waals surface area contributed by atoms with E-state index in [-0.39, 0.29) is 29.2 Å². The van der Waals surface area contributed by atoms with Crippen LogP contribution in [0.2, 0.25) is 0 Å². The molecule has 1 aromatic carbocycles. The quantitative estimate of drug-likeness (QED) is 0.634. The van der Waals surface area contributed by atoms with Crippen LogP contribution in [0, 0.1) is 4.78 Å². The van der Waals surface area contributed by atoms with E-state index in [4.69, 9.17) is 9.52 Å². The number of halogens is 3. The highest BCUT2D eigenvalue weighted by atomic mass is 32.2. The Balaban J connectivity index is 1.44. The number of nitrogens with one attached hydrogen (secondary N) is 3. The first-order chi connectivity index (χ1) is 15.1. The SMILES string of the molecule is N=S(=O)(NC(=O)Nc1c2c(cc3c1CCC3C(F)(F)F)CCC2)c1cnn2c1OCCC2. The number of rotatable bonds is 3. The summed E-state index contributed by atoms with van der Waals surface area (Å²) in [6.45, 7) is 0.947. The largest absolute Gasteiger partial charge is 0.477 e. The third kappa shape index (κ3) is 3.50. The monoisotopic (exact) mass is 469 g/mol. The van der Waals surface area contributed by atoms with Crippen molar-refractivity contribution < 1.29 is 26.9 Å². The molecule has 32 heavy (non-hydrogen) atoms. The number of alkyl halides is 3. The maximum absolute atomic E-state index is 13.5. The molecule has 2 aliphatic carbocycles. The highest BCUT2D eigenvalue weighted by molar-refractivity contribution is 7.91. The predicted molar refractivity (Wildman–Crippen MR) is 109 cm³/mol. The summed E-state index contributed by atoms with van der Waals surface area (Å²) >= 11 is 0. The molecule has 1 aromatic heterocycles. The molecule has 2 atom stereocenters. The molecule has 2 unspecified atom stereocenters. The number of ether oxygens (including phenoxy) is 1. The van der Waals surface area contributed by atoms with Crippen LogP contribution in [-0.4, -0.2) is 32.8 Å². The van der Waals surface area contributed by atoms with Gasteiger partial charge < -0.3 is 10.1 Å². The van der Waals surface area contributed by atoms with E-state index in [1.165, 1.54) is 10.9 Å². The van der Waals surface area contributed by atoms with Crippen LogP contribution < -0.4 is 14.8 Å². The molecule has 0 bridgehead atoms. The van der Waals surface area contributed by atoms with Gasteiger partial charge in [0, 0.05) is 18.7 Å². The van der Waals surface area contributed by atoms with Crippen molar-refractivity contribution in [2.24, 2.45) is 0 Å². The molecule has 2 amide bonds. The smallest absolute Gasteiger partial charge is 0.395 e. The molecule has 5 rings (SSSR count). The molecular formula is C20H22F3N5O3S. The number of aryl methyl sites for hydroxylation is 2. The van der Waals surface area contributed by atoms with Crippen molar-refractivity contribution >= 4 is 21.6 Å². The van der Waals surface area contributed by atoms with E-state index in [2.05, 4.69) is 15.1 Å². The molecule has 0 spiro atoms. The Morgan fingerprint density at radius 2 is 2.06 bits per heavy atom. The van der Waals surface area contributed by atoms with Crippen LogP contribution in [0.3, 0.4) is 0 Å². The Morgan fingerprint density at radius 3 is 2.84 bits per heavy atom. The van der Waals surface area contributed by atoms with Crippen molar-refractivity contribution in [1.29, 1.82) is 4.78 Å². The first kappa shape index (κ1) is 21.1. The molecular weight excluding hydrogens is 447 g/mol. The lowest BCUT2D eigenvalue weighted by molar-refractivity contribution is -0.149. The van der Waals surface area contributed by atoms with Crippen LogP contribution in [0.25, 0.3) is 0 Å². The third-order valence-corrected chi connectivity index (χ3v) is 7.67. The maximum atomic E-state index is 13.5. The number of anilines is 1. The van der Waals surface area contributed by atoms with Crippen LogP contribution in [0.1, 0.15) is 47.4 Å². The fraction of sp³-hybridized carbons (Fsp3) is 0.500. The normalized spacial score (nSPS) is 21.2. The number of fused-ring (bicyclic) bond motifs is 3. The number of amides is 2. The second-order valence-corrected chi connectivity index (χ2v) is 10.1. The summed E-state index contributed by atoms with van der Waals surface area (Å²) in [5.74, 6) is -1.37. The lowest BCUT2D eigenvalue weighted by atomic mass is 9.94. The van der Waals surface area contributed by atoms with E-state index >= 15 is 0 Å². The fourth-order valence-corrected chi connectivity index (χ4v) is 5.92. The van der Waals surface area contributed by atoms with Gasteiger partial charge in [-0.3, -0.25) is 0 Å². The molecule has 12 heteroatoms. The second-order valence-electron chi connectivity index (χ2n) is 8.29. The van der Waals surface area contributed by atoms with Gasteiger partial charge in [0.25, 0.3) is 0 Å². The second kappa shape index (κ2) is 7.39. The van der Waals surface area contributed by atoms with E-state index in [0.717, 1.165) is 24.0 Å². The highest BCUT2D eigenvalue weighted by Crippen LogP contribution is 2.49. The van der Waals surface area contributed by atoms with Gasteiger partial charge >= 0.3 is 12.2 Å². The van der Waals surface area contributed by atoms with Gasteiger partial charge in [-0.05, 0) is 54.4 Å². The Labute approximate surface area is 182 Å². The summed E-state index contributed by atoms with van der Waals surface area (Å²) in [5.41, 5.74) is 2.68. The fourth-order valence-electron chi connectivity index (χ4n) is 4.90. The van der Waals surface area contributed by atoms with Gasteiger partial charge in [-0.15, -0.1) is 0 Å². The first-order valence-corrected chi connectivity index (χ1v) is 12.0. The van der Waals surface area contributed by atoms with E-state index < -0.39 is 28.0 Å². The number of carbonyl (C=O) groups is 1. The van der Waals surface area contributed by atoms with Crippen LogP contribution in [0.5, 0.6) is 5.88 Å².